The first-order valence-corrected chi connectivity index (χ1v) is 5.87. The average molecular weight is 276 g/mol. The summed E-state index contributed by atoms with van der Waals surface area (Å²) >= 11 is 0. The monoisotopic (exact) mass is 276 g/mol. The minimum Gasteiger partial charge on any atom is -0.479 e. The smallest absolute Gasteiger partial charge is 0.252 e. The van der Waals surface area contributed by atoms with Crippen molar-refractivity contribution in [3.05, 3.63) is 6.33 Å². The minimum atomic E-state index is -0.725. The number of likely N-dealkylation sites (tertiary alicyclic amines) is 1. The molecule has 2 N–H and O–H groups in total. The van der Waals surface area contributed by atoms with E-state index in [9.17, 15) is 9.59 Å². The van der Waals surface area contributed by atoms with Crippen LogP contribution in [-0.4, -0.2) is 50.4 Å². The van der Waals surface area contributed by atoms with Crippen LogP contribution in [0.2, 0.25) is 0 Å². The Balaban J connectivity index is 2.20. The lowest BCUT2D eigenvalue weighted by Gasteiger charge is -2.12. The first kappa shape index (κ1) is 12.3. The van der Waals surface area contributed by atoms with Crippen LogP contribution in [-0.2, 0) is 9.59 Å². The van der Waals surface area contributed by atoms with Crippen LogP contribution in [0.3, 0.4) is 0 Å². The van der Waals surface area contributed by atoms with Gasteiger partial charge in [0.25, 0.3) is 5.91 Å². The largest absolute Gasteiger partial charge is 0.479 e. The highest BCUT2D eigenvalue weighted by Gasteiger charge is 2.39. The van der Waals surface area contributed by atoms with Crippen LogP contribution < -0.4 is 10.5 Å². The zero-order valence-corrected chi connectivity index (χ0v) is 10.9. The van der Waals surface area contributed by atoms with Gasteiger partial charge in [-0.1, -0.05) is 0 Å². The summed E-state index contributed by atoms with van der Waals surface area (Å²) in [5.41, 5.74) is 6.59. The van der Waals surface area contributed by atoms with Crippen molar-refractivity contribution in [1.82, 2.24) is 24.4 Å². The van der Waals surface area contributed by atoms with Crippen LogP contribution in [0.25, 0.3) is 11.2 Å². The topological polar surface area (TPSA) is 116 Å². The number of likely N-dealkylation sites (N-methyl/N-ethyl adjacent to an activating group) is 1. The van der Waals surface area contributed by atoms with Crippen LogP contribution in [0.5, 0.6) is 5.88 Å². The van der Waals surface area contributed by atoms with E-state index in [0.717, 1.165) is 4.90 Å². The van der Waals surface area contributed by atoms with E-state index in [1.807, 2.05) is 0 Å². The van der Waals surface area contributed by atoms with Gasteiger partial charge in [0.05, 0.1) is 13.5 Å². The molecule has 0 saturated carbocycles. The molecule has 1 aliphatic heterocycles. The number of ether oxygens (including phenoxy) is 1. The summed E-state index contributed by atoms with van der Waals surface area (Å²) in [7, 11) is 2.89. The first-order chi connectivity index (χ1) is 9.54. The molecule has 1 fully saturated rings. The van der Waals surface area contributed by atoms with Gasteiger partial charge in [-0.15, -0.1) is 0 Å². The number of hydrogen-bond acceptors (Lipinski definition) is 7. The molecule has 2 aromatic rings. The number of nitrogens with two attached hydrogens (primary N) is 1. The van der Waals surface area contributed by atoms with Gasteiger partial charge >= 0.3 is 0 Å². The molecule has 2 amide bonds. The van der Waals surface area contributed by atoms with Crippen molar-refractivity contribution in [3.8, 4) is 5.88 Å². The van der Waals surface area contributed by atoms with E-state index < -0.39 is 6.04 Å². The van der Waals surface area contributed by atoms with Crippen molar-refractivity contribution in [2.24, 2.45) is 0 Å². The number of carbonyl (C=O) groups is 2. The Kier molecular flexibility index (Phi) is 2.56. The van der Waals surface area contributed by atoms with Crippen LogP contribution in [0.15, 0.2) is 6.33 Å². The van der Waals surface area contributed by atoms with E-state index in [1.54, 1.807) is 0 Å². The van der Waals surface area contributed by atoms with E-state index in [0.29, 0.717) is 11.2 Å². The van der Waals surface area contributed by atoms with Gasteiger partial charge in [0.15, 0.2) is 11.2 Å². The SMILES string of the molecule is COc1ncnc2c1nc(N)n2C1CC(=O)N(C)C1=O. The highest BCUT2D eigenvalue weighted by molar-refractivity contribution is 6.05. The maximum absolute atomic E-state index is 12.1. The summed E-state index contributed by atoms with van der Waals surface area (Å²) in [5.74, 6) is -0.230. The average Bonchev–Trinajstić information content (AvgIpc) is 2.89. The number of amides is 2. The van der Waals surface area contributed by atoms with Gasteiger partial charge in [-0.05, 0) is 0 Å². The number of methoxy groups -OCH3 is 1. The third-order valence-electron chi connectivity index (χ3n) is 3.33. The number of aromatic nitrogens is 4. The van der Waals surface area contributed by atoms with Crippen LogP contribution >= 0.6 is 0 Å². The lowest BCUT2D eigenvalue weighted by atomic mass is 10.2. The fourth-order valence-electron chi connectivity index (χ4n) is 2.30. The minimum absolute atomic E-state index is 0.0390. The molecular weight excluding hydrogens is 264 g/mol. The molecule has 104 valence electrons. The number of imide groups is 1. The molecule has 9 nitrogen and oxygen atoms in total. The molecule has 1 aliphatic rings. The maximum Gasteiger partial charge on any atom is 0.252 e. The van der Waals surface area contributed by atoms with Gasteiger partial charge in [-0.3, -0.25) is 19.1 Å². The quantitative estimate of drug-likeness (QED) is 0.724. The highest BCUT2D eigenvalue weighted by atomic mass is 16.5. The molecular formula is C11H12N6O3. The van der Waals surface area contributed by atoms with Crippen LogP contribution in [0, 0.1) is 0 Å². The Labute approximate surface area is 113 Å². The Morgan fingerprint density at radius 1 is 1.40 bits per heavy atom. The van der Waals surface area contributed by atoms with E-state index in [-0.39, 0.29) is 30.1 Å². The Hall–Kier alpha value is -2.71. The maximum atomic E-state index is 12.1. The molecule has 1 saturated heterocycles. The van der Waals surface area contributed by atoms with Gasteiger partial charge in [-0.2, -0.15) is 4.98 Å². The number of rotatable bonds is 2. The first-order valence-electron chi connectivity index (χ1n) is 5.87. The molecule has 0 aliphatic carbocycles. The number of imidazole rings is 1. The zero-order valence-electron chi connectivity index (χ0n) is 10.9. The van der Waals surface area contributed by atoms with Crippen molar-refractivity contribution in [1.29, 1.82) is 0 Å². The second kappa shape index (κ2) is 4.15. The third-order valence-corrected chi connectivity index (χ3v) is 3.33. The zero-order chi connectivity index (χ0) is 14.4. The van der Waals surface area contributed by atoms with Gasteiger partial charge < -0.3 is 10.5 Å². The Bertz CT molecular complexity index is 724. The molecule has 20 heavy (non-hydrogen) atoms. The van der Waals surface area contributed by atoms with Crippen molar-refractivity contribution in [2.75, 3.05) is 19.9 Å². The van der Waals surface area contributed by atoms with E-state index in [4.69, 9.17) is 10.5 Å². The Morgan fingerprint density at radius 3 is 2.75 bits per heavy atom. The van der Waals surface area contributed by atoms with Gasteiger partial charge in [-0.25, -0.2) is 9.97 Å². The number of fused-ring (bicyclic) bond motifs is 1. The summed E-state index contributed by atoms with van der Waals surface area (Å²) in [4.78, 5) is 36.9. The number of hydrogen-bond donors (Lipinski definition) is 1. The van der Waals surface area contributed by atoms with E-state index in [2.05, 4.69) is 15.0 Å². The van der Waals surface area contributed by atoms with E-state index >= 15 is 0 Å². The highest BCUT2D eigenvalue weighted by Crippen LogP contribution is 2.31. The molecule has 2 aromatic heterocycles. The Morgan fingerprint density at radius 2 is 2.15 bits per heavy atom. The molecule has 0 aromatic carbocycles. The van der Waals surface area contributed by atoms with Gasteiger partial charge in [0.2, 0.25) is 17.7 Å². The van der Waals surface area contributed by atoms with Gasteiger partial charge in [0, 0.05) is 7.05 Å². The normalized spacial score (nSPS) is 19.1. The summed E-state index contributed by atoms with van der Waals surface area (Å²) in [6.45, 7) is 0. The van der Waals surface area contributed by atoms with Crippen molar-refractivity contribution < 1.29 is 14.3 Å². The third kappa shape index (κ3) is 1.52. The second-order valence-corrected chi connectivity index (χ2v) is 4.41. The lowest BCUT2D eigenvalue weighted by molar-refractivity contribution is -0.137. The standard InChI is InChI=1S/C11H12N6O3/c1-16-6(18)3-5(10(16)19)17-8-7(15-11(17)12)9(20-2)14-4-13-8/h4-5H,3H2,1-2H3,(H2,12,15). The number of nitrogens with zero attached hydrogens (tertiary/aromatic N) is 5. The summed E-state index contributed by atoms with van der Waals surface area (Å²) in [5, 5.41) is 0. The summed E-state index contributed by atoms with van der Waals surface area (Å²) < 4.78 is 6.53. The number of nitrogen functional groups attached to an aromatic ring is 1. The molecule has 1 atom stereocenters. The van der Waals surface area contributed by atoms with Crippen molar-refractivity contribution in [2.45, 2.75) is 12.5 Å². The van der Waals surface area contributed by atoms with Crippen molar-refractivity contribution >= 4 is 28.9 Å². The predicted octanol–water partition coefficient (Wildman–Crippen LogP) is -0.653. The lowest BCUT2D eigenvalue weighted by Crippen LogP contribution is -2.27. The molecule has 0 spiro atoms. The fourth-order valence-corrected chi connectivity index (χ4v) is 2.30. The molecule has 0 bridgehead atoms. The molecule has 3 rings (SSSR count). The van der Waals surface area contributed by atoms with Crippen LogP contribution in [0.1, 0.15) is 12.5 Å². The van der Waals surface area contributed by atoms with Crippen LogP contribution in [0.4, 0.5) is 5.95 Å². The molecule has 9 heteroatoms. The number of carbonyl (C=O) groups excluding carboxylic acids is 2. The number of anilines is 1. The predicted molar refractivity (Wildman–Crippen MR) is 67.7 cm³/mol. The molecule has 0 radical (unpaired) electrons. The van der Waals surface area contributed by atoms with Crippen molar-refractivity contribution in [3.63, 3.8) is 0 Å². The van der Waals surface area contributed by atoms with Gasteiger partial charge in [0.1, 0.15) is 12.4 Å². The molecule has 1 unspecified atom stereocenters. The summed E-state index contributed by atoms with van der Waals surface area (Å²) in [6.07, 6.45) is 1.33. The fraction of sp³-hybridized carbons (Fsp3) is 0.364. The summed E-state index contributed by atoms with van der Waals surface area (Å²) in [6, 6.07) is -0.725. The molecule has 3 heterocycles. The second-order valence-electron chi connectivity index (χ2n) is 4.41. The van der Waals surface area contributed by atoms with E-state index in [1.165, 1.54) is 25.1 Å².